The highest BCUT2D eigenvalue weighted by molar-refractivity contribution is 7.89. The van der Waals surface area contributed by atoms with Gasteiger partial charge in [0.05, 0.1) is 11.5 Å². The number of benzene rings is 1. The average Bonchev–Trinajstić information content (AvgIpc) is 2.42. The van der Waals surface area contributed by atoms with E-state index in [4.69, 9.17) is 15.2 Å². The SMILES string of the molecule is CCOCCOc1ccc(S(=O)(=O)NCCN)cc1. The Morgan fingerprint density at radius 1 is 1.21 bits per heavy atom. The quantitative estimate of drug-likeness (QED) is 0.639. The van der Waals surface area contributed by atoms with Crippen molar-refractivity contribution in [2.75, 3.05) is 32.9 Å². The van der Waals surface area contributed by atoms with Gasteiger partial charge in [0.2, 0.25) is 10.0 Å². The molecule has 1 aromatic rings. The van der Waals surface area contributed by atoms with Gasteiger partial charge in [0, 0.05) is 19.7 Å². The molecule has 0 unspecified atom stereocenters. The zero-order valence-corrected chi connectivity index (χ0v) is 11.8. The number of hydrogen-bond donors (Lipinski definition) is 2. The molecule has 0 aromatic heterocycles. The van der Waals surface area contributed by atoms with E-state index in [1.165, 1.54) is 12.1 Å². The molecule has 0 aliphatic heterocycles. The maximum Gasteiger partial charge on any atom is 0.240 e. The molecule has 3 N–H and O–H groups in total. The summed E-state index contributed by atoms with van der Waals surface area (Å²) < 4.78 is 36.5. The summed E-state index contributed by atoms with van der Waals surface area (Å²) >= 11 is 0. The standard InChI is InChI=1S/C12H20N2O4S/c1-2-17-9-10-18-11-3-5-12(6-4-11)19(15,16)14-8-7-13/h3-6,14H,2,7-10,13H2,1H3. The van der Waals surface area contributed by atoms with Gasteiger partial charge >= 0.3 is 0 Å². The van der Waals surface area contributed by atoms with E-state index in [1.54, 1.807) is 12.1 Å². The summed E-state index contributed by atoms with van der Waals surface area (Å²) in [5.41, 5.74) is 5.26. The molecule has 0 fully saturated rings. The summed E-state index contributed by atoms with van der Waals surface area (Å²) in [6, 6.07) is 6.22. The number of nitrogens with two attached hydrogens (primary N) is 1. The van der Waals surface area contributed by atoms with Crippen molar-refractivity contribution in [3.05, 3.63) is 24.3 Å². The lowest BCUT2D eigenvalue weighted by Crippen LogP contribution is -2.29. The van der Waals surface area contributed by atoms with Crippen molar-refractivity contribution in [2.24, 2.45) is 5.73 Å². The Bertz CT molecular complexity index is 459. The first-order chi connectivity index (χ1) is 9.10. The van der Waals surface area contributed by atoms with Gasteiger partial charge in [-0.25, -0.2) is 13.1 Å². The molecule has 0 amide bonds. The van der Waals surface area contributed by atoms with Crippen LogP contribution in [0.25, 0.3) is 0 Å². The molecule has 19 heavy (non-hydrogen) atoms. The monoisotopic (exact) mass is 288 g/mol. The van der Waals surface area contributed by atoms with E-state index in [-0.39, 0.29) is 18.0 Å². The summed E-state index contributed by atoms with van der Waals surface area (Å²) in [6.45, 7) is 3.98. The van der Waals surface area contributed by atoms with Crippen molar-refractivity contribution in [1.29, 1.82) is 0 Å². The van der Waals surface area contributed by atoms with Crippen molar-refractivity contribution in [3.63, 3.8) is 0 Å². The minimum absolute atomic E-state index is 0.193. The van der Waals surface area contributed by atoms with Crippen LogP contribution in [0.5, 0.6) is 5.75 Å². The Morgan fingerprint density at radius 3 is 2.47 bits per heavy atom. The largest absolute Gasteiger partial charge is 0.491 e. The lowest BCUT2D eigenvalue weighted by atomic mass is 10.3. The first-order valence-electron chi connectivity index (χ1n) is 6.10. The predicted octanol–water partition coefficient (Wildman–Crippen LogP) is 0.339. The summed E-state index contributed by atoms with van der Waals surface area (Å²) in [5.74, 6) is 0.609. The maximum absolute atomic E-state index is 11.8. The zero-order chi connectivity index (χ0) is 14.1. The number of nitrogens with one attached hydrogen (secondary N) is 1. The topological polar surface area (TPSA) is 90.6 Å². The van der Waals surface area contributed by atoms with Crippen LogP contribution in [0.3, 0.4) is 0 Å². The van der Waals surface area contributed by atoms with Crippen LogP contribution in [0.4, 0.5) is 0 Å². The number of hydrogen-bond acceptors (Lipinski definition) is 5. The number of sulfonamides is 1. The number of ether oxygens (including phenoxy) is 2. The normalized spacial score (nSPS) is 11.5. The fourth-order valence-corrected chi connectivity index (χ4v) is 2.40. The molecular formula is C12H20N2O4S. The zero-order valence-electron chi connectivity index (χ0n) is 11.0. The second-order valence-electron chi connectivity index (χ2n) is 3.70. The van der Waals surface area contributed by atoms with Gasteiger partial charge in [0.25, 0.3) is 0 Å². The van der Waals surface area contributed by atoms with Crippen LogP contribution >= 0.6 is 0 Å². The Hall–Kier alpha value is -1.15. The molecule has 0 bridgehead atoms. The molecule has 0 atom stereocenters. The highest BCUT2D eigenvalue weighted by atomic mass is 32.2. The fraction of sp³-hybridized carbons (Fsp3) is 0.500. The van der Waals surface area contributed by atoms with Crippen LogP contribution in [0.15, 0.2) is 29.2 Å². The van der Waals surface area contributed by atoms with E-state index in [1.807, 2.05) is 6.92 Å². The maximum atomic E-state index is 11.8. The fourth-order valence-electron chi connectivity index (χ4n) is 1.35. The van der Waals surface area contributed by atoms with Crippen molar-refractivity contribution in [2.45, 2.75) is 11.8 Å². The highest BCUT2D eigenvalue weighted by Gasteiger charge is 2.12. The lowest BCUT2D eigenvalue weighted by molar-refractivity contribution is 0.110. The van der Waals surface area contributed by atoms with Crippen molar-refractivity contribution >= 4 is 10.0 Å². The molecule has 0 saturated heterocycles. The average molecular weight is 288 g/mol. The molecule has 7 heteroatoms. The van der Waals surface area contributed by atoms with Crippen LogP contribution in [0.1, 0.15) is 6.92 Å². The van der Waals surface area contributed by atoms with Gasteiger partial charge in [-0.1, -0.05) is 0 Å². The lowest BCUT2D eigenvalue weighted by Gasteiger charge is -2.08. The van der Waals surface area contributed by atoms with E-state index in [2.05, 4.69) is 4.72 Å². The van der Waals surface area contributed by atoms with E-state index >= 15 is 0 Å². The third kappa shape index (κ3) is 5.56. The molecule has 1 aromatic carbocycles. The third-order valence-corrected chi connectivity index (χ3v) is 3.75. The van der Waals surface area contributed by atoms with Crippen LogP contribution < -0.4 is 15.2 Å². The predicted molar refractivity (Wildman–Crippen MR) is 72.7 cm³/mol. The van der Waals surface area contributed by atoms with Crippen LogP contribution in [0.2, 0.25) is 0 Å². The third-order valence-electron chi connectivity index (χ3n) is 2.27. The van der Waals surface area contributed by atoms with Gasteiger partial charge in [-0.15, -0.1) is 0 Å². The summed E-state index contributed by atoms with van der Waals surface area (Å²) in [6.07, 6.45) is 0. The second kappa shape index (κ2) is 8.11. The Kier molecular flexibility index (Phi) is 6.79. The first kappa shape index (κ1) is 15.9. The van der Waals surface area contributed by atoms with E-state index < -0.39 is 10.0 Å². The summed E-state index contributed by atoms with van der Waals surface area (Å²) in [4.78, 5) is 0.193. The van der Waals surface area contributed by atoms with Gasteiger partial charge in [-0.3, -0.25) is 0 Å². The van der Waals surface area contributed by atoms with Crippen molar-refractivity contribution in [3.8, 4) is 5.75 Å². The highest BCUT2D eigenvalue weighted by Crippen LogP contribution is 2.15. The first-order valence-corrected chi connectivity index (χ1v) is 7.59. The molecule has 0 heterocycles. The van der Waals surface area contributed by atoms with E-state index in [9.17, 15) is 8.42 Å². The molecule has 1 rings (SSSR count). The molecule has 0 aliphatic carbocycles. The molecule has 0 aliphatic rings. The van der Waals surface area contributed by atoms with Gasteiger partial charge in [0.15, 0.2) is 0 Å². The molecule has 0 saturated carbocycles. The van der Waals surface area contributed by atoms with Crippen molar-refractivity contribution in [1.82, 2.24) is 4.72 Å². The Morgan fingerprint density at radius 2 is 1.89 bits per heavy atom. The van der Waals surface area contributed by atoms with Gasteiger partial charge in [0.1, 0.15) is 12.4 Å². The summed E-state index contributed by atoms with van der Waals surface area (Å²) in [5, 5.41) is 0. The smallest absolute Gasteiger partial charge is 0.240 e. The minimum atomic E-state index is -3.48. The molecule has 0 spiro atoms. The Labute approximate surface area is 113 Å². The molecule has 6 nitrogen and oxygen atoms in total. The van der Waals surface area contributed by atoms with E-state index in [0.717, 1.165) is 0 Å². The Balaban J connectivity index is 2.56. The molecule has 0 radical (unpaired) electrons. The van der Waals surface area contributed by atoms with Crippen LogP contribution in [-0.2, 0) is 14.8 Å². The van der Waals surface area contributed by atoms with Gasteiger partial charge in [-0.2, -0.15) is 0 Å². The van der Waals surface area contributed by atoms with Gasteiger partial charge in [-0.05, 0) is 31.2 Å². The number of rotatable bonds is 9. The van der Waals surface area contributed by atoms with E-state index in [0.29, 0.717) is 25.6 Å². The van der Waals surface area contributed by atoms with Crippen LogP contribution in [0, 0.1) is 0 Å². The van der Waals surface area contributed by atoms with Gasteiger partial charge < -0.3 is 15.2 Å². The summed E-state index contributed by atoms with van der Waals surface area (Å²) in [7, 11) is -3.48. The van der Waals surface area contributed by atoms with Crippen molar-refractivity contribution < 1.29 is 17.9 Å². The molecular weight excluding hydrogens is 268 g/mol. The second-order valence-corrected chi connectivity index (χ2v) is 5.47. The minimum Gasteiger partial charge on any atom is -0.491 e. The van der Waals surface area contributed by atoms with Crippen LogP contribution in [-0.4, -0.2) is 41.3 Å². The molecule has 108 valence electrons.